The van der Waals surface area contributed by atoms with E-state index in [4.69, 9.17) is 5.73 Å². The third kappa shape index (κ3) is 2.29. The quantitative estimate of drug-likeness (QED) is 0.656. The summed E-state index contributed by atoms with van der Waals surface area (Å²) in [5, 5.41) is 15.1. The van der Waals surface area contributed by atoms with E-state index < -0.39 is 4.92 Å². The van der Waals surface area contributed by atoms with E-state index >= 15 is 0 Å². The van der Waals surface area contributed by atoms with Crippen molar-refractivity contribution in [3.63, 3.8) is 0 Å². The van der Waals surface area contributed by atoms with Gasteiger partial charge in [-0.2, -0.15) is 5.10 Å². The molecule has 7 nitrogen and oxygen atoms in total. The molecule has 0 aliphatic heterocycles. The largest absolute Gasteiger partial charge is 0.384 e. The van der Waals surface area contributed by atoms with Crippen molar-refractivity contribution in [3.8, 4) is 11.3 Å². The van der Waals surface area contributed by atoms with Crippen molar-refractivity contribution in [2.24, 2.45) is 0 Å². The molecule has 0 aromatic carbocycles. The summed E-state index contributed by atoms with van der Waals surface area (Å²) >= 11 is 0. The summed E-state index contributed by atoms with van der Waals surface area (Å²) in [6.45, 7) is 2.79. The van der Waals surface area contributed by atoms with Crippen LogP contribution in [0.25, 0.3) is 11.3 Å². The lowest BCUT2D eigenvalue weighted by atomic mass is 10.2. The van der Waals surface area contributed by atoms with E-state index in [9.17, 15) is 10.1 Å². The number of nitro groups is 1. The molecule has 2 aromatic rings. The fourth-order valence-electron chi connectivity index (χ4n) is 1.66. The molecule has 0 bridgehead atoms. The SMILES string of the molecule is CCCn1cc(-c2nc(N)ccc2[N+](=O)[O-])cn1. The Bertz CT molecular complexity index is 579. The molecule has 2 N–H and O–H groups in total. The lowest BCUT2D eigenvalue weighted by Gasteiger charge is -2.00. The first-order valence-electron chi connectivity index (χ1n) is 5.55. The van der Waals surface area contributed by atoms with Crippen LogP contribution in [-0.4, -0.2) is 19.7 Å². The average molecular weight is 247 g/mol. The zero-order chi connectivity index (χ0) is 13.1. The fourth-order valence-corrected chi connectivity index (χ4v) is 1.66. The van der Waals surface area contributed by atoms with E-state index in [-0.39, 0.29) is 17.2 Å². The van der Waals surface area contributed by atoms with E-state index in [0.717, 1.165) is 13.0 Å². The Morgan fingerprint density at radius 1 is 1.50 bits per heavy atom. The maximum atomic E-state index is 10.9. The van der Waals surface area contributed by atoms with E-state index in [1.165, 1.54) is 12.1 Å². The number of pyridine rings is 1. The van der Waals surface area contributed by atoms with Crippen molar-refractivity contribution in [1.82, 2.24) is 14.8 Å². The van der Waals surface area contributed by atoms with Gasteiger partial charge in [0, 0.05) is 24.4 Å². The number of hydrogen-bond donors (Lipinski definition) is 1. The van der Waals surface area contributed by atoms with Gasteiger partial charge in [0.15, 0.2) is 5.69 Å². The van der Waals surface area contributed by atoms with Gasteiger partial charge in [-0.05, 0) is 12.5 Å². The second-order valence-corrected chi connectivity index (χ2v) is 3.85. The van der Waals surface area contributed by atoms with Crippen molar-refractivity contribution in [3.05, 3.63) is 34.6 Å². The summed E-state index contributed by atoms with van der Waals surface area (Å²) in [4.78, 5) is 14.5. The first kappa shape index (κ1) is 12.0. The molecule has 94 valence electrons. The Kier molecular flexibility index (Phi) is 3.22. The zero-order valence-corrected chi connectivity index (χ0v) is 9.91. The maximum absolute atomic E-state index is 10.9. The molecule has 0 aliphatic rings. The first-order chi connectivity index (χ1) is 8.61. The van der Waals surface area contributed by atoms with Crippen molar-refractivity contribution in [2.45, 2.75) is 19.9 Å². The fraction of sp³-hybridized carbons (Fsp3) is 0.273. The molecule has 2 heterocycles. The molecular weight excluding hydrogens is 234 g/mol. The minimum Gasteiger partial charge on any atom is -0.384 e. The van der Waals surface area contributed by atoms with Crippen molar-refractivity contribution < 1.29 is 4.92 Å². The minimum absolute atomic E-state index is 0.0692. The van der Waals surface area contributed by atoms with Crippen molar-refractivity contribution in [2.75, 3.05) is 5.73 Å². The number of aryl methyl sites for hydroxylation is 1. The summed E-state index contributed by atoms with van der Waals surface area (Å²) in [5.41, 5.74) is 6.35. The molecule has 0 amide bonds. The van der Waals surface area contributed by atoms with Crippen LogP contribution >= 0.6 is 0 Å². The predicted octanol–water partition coefficient (Wildman–Crippen LogP) is 1.85. The van der Waals surface area contributed by atoms with Crippen LogP contribution in [0.5, 0.6) is 0 Å². The third-order valence-corrected chi connectivity index (χ3v) is 2.45. The van der Waals surface area contributed by atoms with Gasteiger partial charge in [-0.15, -0.1) is 0 Å². The number of hydrogen-bond acceptors (Lipinski definition) is 5. The summed E-state index contributed by atoms with van der Waals surface area (Å²) in [6, 6.07) is 2.77. The summed E-state index contributed by atoms with van der Waals surface area (Å²) in [7, 11) is 0. The van der Waals surface area contributed by atoms with Gasteiger partial charge in [-0.25, -0.2) is 4.98 Å². The summed E-state index contributed by atoms with van der Waals surface area (Å²) in [6.07, 6.45) is 4.23. The van der Waals surface area contributed by atoms with Crippen LogP contribution < -0.4 is 5.73 Å². The molecule has 0 spiro atoms. The Hall–Kier alpha value is -2.44. The highest BCUT2D eigenvalue weighted by Gasteiger charge is 2.18. The smallest absolute Gasteiger partial charge is 0.295 e. The van der Waals surface area contributed by atoms with Crippen molar-refractivity contribution in [1.29, 1.82) is 0 Å². The lowest BCUT2D eigenvalue weighted by Crippen LogP contribution is -1.98. The van der Waals surface area contributed by atoms with Gasteiger partial charge < -0.3 is 5.73 Å². The standard InChI is InChI=1S/C11H13N5O2/c1-2-5-15-7-8(6-13-15)11-9(16(17)18)3-4-10(12)14-11/h3-4,6-7H,2,5H2,1H3,(H2,12,14). The highest BCUT2D eigenvalue weighted by Crippen LogP contribution is 2.28. The lowest BCUT2D eigenvalue weighted by molar-refractivity contribution is -0.384. The van der Waals surface area contributed by atoms with E-state index in [2.05, 4.69) is 10.1 Å². The van der Waals surface area contributed by atoms with Gasteiger partial charge in [-0.3, -0.25) is 14.8 Å². The second kappa shape index (κ2) is 4.82. The van der Waals surface area contributed by atoms with Crippen LogP contribution in [0, 0.1) is 10.1 Å². The van der Waals surface area contributed by atoms with Crippen LogP contribution in [-0.2, 0) is 6.54 Å². The highest BCUT2D eigenvalue weighted by molar-refractivity contribution is 5.69. The Morgan fingerprint density at radius 2 is 2.28 bits per heavy atom. The molecule has 0 saturated heterocycles. The topological polar surface area (TPSA) is 99.9 Å². The zero-order valence-electron chi connectivity index (χ0n) is 9.91. The number of rotatable bonds is 4. The average Bonchev–Trinajstić information content (AvgIpc) is 2.77. The van der Waals surface area contributed by atoms with Crippen molar-refractivity contribution >= 4 is 11.5 Å². The molecular formula is C11H13N5O2. The summed E-state index contributed by atoms with van der Waals surface area (Å²) in [5.74, 6) is 0.249. The highest BCUT2D eigenvalue weighted by atomic mass is 16.6. The molecule has 0 unspecified atom stereocenters. The normalized spacial score (nSPS) is 10.5. The van der Waals surface area contributed by atoms with E-state index in [1.807, 2.05) is 6.92 Å². The van der Waals surface area contributed by atoms with Crippen LogP contribution in [0.2, 0.25) is 0 Å². The van der Waals surface area contributed by atoms with E-state index in [0.29, 0.717) is 5.56 Å². The minimum atomic E-state index is -0.473. The van der Waals surface area contributed by atoms with Crippen LogP contribution in [0.4, 0.5) is 11.5 Å². The third-order valence-electron chi connectivity index (χ3n) is 2.45. The van der Waals surface area contributed by atoms with Crippen LogP contribution in [0.1, 0.15) is 13.3 Å². The molecule has 18 heavy (non-hydrogen) atoms. The van der Waals surface area contributed by atoms with Gasteiger partial charge >= 0.3 is 0 Å². The Morgan fingerprint density at radius 3 is 2.94 bits per heavy atom. The molecule has 0 radical (unpaired) electrons. The number of nitrogen functional groups attached to an aromatic ring is 1. The van der Waals surface area contributed by atoms with Gasteiger partial charge in [0.2, 0.25) is 0 Å². The van der Waals surface area contributed by atoms with Crippen LogP contribution in [0.3, 0.4) is 0 Å². The molecule has 2 aromatic heterocycles. The number of nitrogens with zero attached hydrogens (tertiary/aromatic N) is 4. The second-order valence-electron chi connectivity index (χ2n) is 3.85. The number of aromatic nitrogens is 3. The Balaban J connectivity index is 2.47. The summed E-state index contributed by atoms with van der Waals surface area (Å²) < 4.78 is 1.73. The number of anilines is 1. The van der Waals surface area contributed by atoms with Gasteiger partial charge in [0.1, 0.15) is 5.82 Å². The van der Waals surface area contributed by atoms with Crippen LogP contribution in [0.15, 0.2) is 24.5 Å². The van der Waals surface area contributed by atoms with E-state index in [1.54, 1.807) is 17.1 Å². The molecule has 0 aliphatic carbocycles. The first-order valence-corrected chi connectivity index (χ1v) is 5.55. The molecule has 0 fully saturated rings. The van der Waals surface area contributed by atoms with Gasteiger partial charge in [-0.1, -0.05) is 6.92 Å². The molecule has 0 atom stereocenters. The van der Waals surface area contributed by atoms with Gasteiger partial charge in [0.25, 0.3) is 5.69 Å². The molecule has 0 saturated carbocycles. The molecule has 7 heteroatoms. The number of nitrogens with two attached hydrogens (primary N) is 1. The predicted molar refractivity (Wildman–Crippen MR) is 66.8 cm³/mol. The Labute approximate surface area is 103 Å². The monoisotopic (exact) mass is 247 g/mol. The maximum Gasteiger partial charge on any atom is 0.295 e. The van der Waals surface area contributed by atoms with Gasteiger partial charge in [0.05, 0.1) is 11.1 Å². The molecule has 2 rings (SSSR count).